The van der Waals surface area contributed by atoms with Crippen LogP contribution in [-0.2, 0) is 19.4 Å². The normalized spacial score (nSPS) is 24.7. The van der Waals surface area contributed by atoms with E-state index in [1.54, 1.807) is 25.1 Å². The van der Waals surface area contributed by atoms with Crippen molar-refractivity contribution in [1.29, 1.82) is 0 Å². The first-order chi connectivity index (χ1) is 12.7. The summed E-state index contributed by atoms with van der Waals surface area (Å²) in [5.74, 6) is -0.778. The minimum absolute atomic E-state index is 0.00579. The first-order valence-corrected chi connectivity index (χ1v) is 10.8. The molecule has 1 fully saturated rings. The number of urea groups is 1. The Morgan fingerprint density at radius 1 is 1.33 bits per heavy atom. The fraction of sp³-hybridized carbons (Fsp3) is 0.412. The summed E-state index contributed by atoms with van der Waals surface area (Å²) in [5.41, 5.74) is 0.982. The average Bonchev–Trinajstić information content (AvgIpc) is 2.95. The maximum absolute atomic E-state index is 12.8. The molecule has 27 heavy (non-hydrogen) atoms. The highest BCUT2D eigenvalue weighted by Gasteiger charge is 2.43. The zero-order chi connectivity index (χ0) is 19.9. The molecule has 0 bridgehead atoms. The number of esters is 1. The second-order valence-electron chi connectivity index (χ2n) is 6.44. The number of amides is 2. The number of carbonyl (C=O) groups is 2. The summed E-state index contributed by atoms with van der Waals surface area (Å²) >= 11 is 12.4. The fourth-order valence-corrected chi connectivity index (χ4v) is 5.64. The molecular weight excluding hydrogens is 415 g/mol. The smallest absolute Gasteiger partial charge is 0.337 e. The molecular formula is C17H18Cl2N2O5S. The number of benzene rings is 1. The van der Waals surface area contributed by atoms with Crippen LogP contribution in [0, 0.1) is 0 Å². The van der Waals surface area contributed by atoms with Crippen LogP contribution in [0.4, 0.5) is 4.79 Å². The number of hydrogen-bond donors (Lipinski definition) is 1. The van der Waals surface area contributed by atoms with Crippen molar-refractivity contribution in [2.45, 2.75) is 25.4 Å². The van der Waals surface area contributed by atoms with E-state index in [4.69, 9.17) is 27.9 Å². The highest BCUT2D eigenvalue weighted by Crippen LogP contribution is 2.38. The van der Waals surface area contributed by atoms with Gasteiger partial charge < -0.3 is 10.1 Å². The molecule has 0 radical (unpaired) electrons. The summed E-state index contributed by atoms with van der Waals surface area (Å²) in [4.78, 5) is 26.6. The van der Waals surface area contributed by atoms with Crippen LogP contribution in [0.2, 0.25) is 10.0 Å². The number of carbonyl (C=O) groups excluding carboxylic acids is 2. The lowest BCUT2D eigenvalue weighted by molar-refractivity contribution is -0.136. The molecule has 0 unspecified atom stereocenters. The Kier molecular flexibility index (Phi) is 5.42. The van der Waals surface area contributed by atoms with E-state index in [2.05, 4.69) is 5.32 Å². The van der Waals surface area contributed by atoms with Crippen LogP contribution in [0.15, 0.2) is 29.5 Å². The Balaban J connectivity index is 2.11. The number of halogens is 2. The molecule has 1 saturated heterocycles. The maximum atomic E-state index is 12.8. The summed E-state index contributed by atoms with van der Waals surface area (Å²) in [6, 6.07) is 3.03. The third-order valence-electron chi connectivity index (χ3n) is 4.80. The van der Waals surface area contributed by atoms with Crippen molar-refractivity contribution in [3.63, 3.8) is 0 Å². The summed E-state index contributed by atoms with van der Waals surface area (Å²) in [6.45, 7) is 1.60. The van der Waals surface area contributed by atoms with E-state index >= 15 is 0 Å². The van der Waals surface area contributed by atoms with E-state index in [0.29, 0.717) is 17.7 Å². The first-order valence-electron chi connectivity index (χ1n) is 8.19. The molecule has 2 aliphatic rings. The van der Waals surface area contributed by atoms with Crippen molar-refractivity contribution in [1.82, 2.24) is 10.2 Å². The molecule has 2 atom stereocenters. The summed E-state index contributed by atoms with van der Waals surface area (Å²) in [7, 11) is -1.98. The predicted molar refractivity (Wildman–Crippen MR) is 101 cm³/mol. The minimum Gasteiger partial charge on any atom is -0.466 e. The minimum atomic E-state index is -3.21. The maximum Gasteiger partial charge on any atom is 0.337 e. The number of nitrogens with one attached hydrogen (secondary N) is 1. The quantitative estimate of drug-likeness (QED) is 0.740. The fourth-order valence-electron chi connectivity index (χ4n) is 3.53. The van der Waals surface area contributed by atoms with Gasteiger partial charge in [0.15, 0.2) is 9.84 Å². The Morgan fingerprint density at radius 2 is 2.04 bits per heavy atom. The molecule has 146 valence electrons. The molecule has 1 N–H and O–H groups in total. The van der Waals surface area contributed by atoms with Crippen LogP contribution in [0.1, 0.15) is 24.9 Å². The molecule has 1 aromatic rings. The Labute approximate surface area is 167 Å². The number of nitrogens with zero attached hydrogens (tertiary/aromatic N) is 1. The van der Waals surface area contributed by atoms with Gasteiger partial charge in [-0.15, -0.1) is 0 Å². The van der Waals surface area contributed by atoms with Gasteiger partial charge in [0.05, 0.1) is 46.3 Å². The topological polar surface area (TPSA) is 92.8 Å². The second-order valence-corrected chi connectivity index (χ2v) is 9.46. The highest BCUT2D eigenvalue weighted by atomic mass is 35.5. The van der Waals surface area contributed by atoms with Crippen LogP contribution < -0.4 is 5.32 Å². The second kappa shape index (κ2) is 7.33. The van der Waals surface area contributed by atoms with E-state index in [1.165, 1.54) is 12.0 Å². The molecule has 1 aromatic carbocycles. The van der Waals surface area contributed by atoms with E-state index in [-0.39, 0.29) is 27.1 Å². The van der Waals surface area contributed by atoms with Gasteiger partial charge in [-0.3, -0.25) is 4.90 Å². The third-order valence-corrected chi connectivity index (χ3v) is 7.38. The summed E-state index contributed by atoms with van der Waals surface area (Å²) < 4.78 is 28.6. The van der Waals surface area contributed by atoms with Gasteiger partial charge in [0.2, 0.25) is 0 Å². The monoisotopic (exact) mass is 432 g/mol. The van der Waals surface area contributed by atoms with Crippen molar-refractivity contribution >= 4 is 45.0 Å². The standard InChI is InChI=1S/C17H18Cl2N2O5S/c1-9-13(16(22)26-2)15(11-4-3-5-12(18)14(11)19)20-17(23)21(9)10-6-7-27(24,25)8-10/h3-5,10,15H,6-8H2,1-2H3,(H,20,23)/t10-,15-/m0/s1. The van der Waals surface area contributed by atoms with Crippen LogP contribution >= 0.6 is 23.2 Å². The number of ether oxygens (including phenoxy) is 1. The van der Waals surface area contributed by atoms with Crippen molar-refractivity contribution in [3.05, 3.63) is 45.1 Å². The van der Waals surface area contributed by atoms with Crippen molar-refractivity contribution in [3.8, 4) is 0 Å². The SMILES string of the molecule is COC(=O)C1=C(C)N([C@H]2CCS(=O)(=O)C2)C(=O)N[C@H]1c1cccc(Cl)c1Cl. The molecule has 7 nitrogen and oxygen atoms in total. The largest absolute Gasteiger partial charge is 0.466 e. The van der Waals surface area contributed by atoms with Gasteiger partial charge in [-0.1, -0.05) is 35.3 Å². The molecule has 0 aromatic heterocycles. The first kappa shape index (κ1) is 20.0. The van der Waals surface area contributed by atoms with E-state index in [0.717, 1.165) is 0 Å². The number of hydrogen-bond acceptors (Lipinski definition) is 5. The number of sulfone groups is 1. The van der Waals surface area contributed by atoms with Crippen molar-refractivity contribution in [2.24, 2.45) is 0 Å². The van der Waals surface area contributed by atoms with Gasteiger partial charge in [0, 0.05) is 5.70 Å². The Bertz CT molecular complexity index is 945. The number of rotatable bonds is 3. The van der Waals surface area contributed by atoms with E-state index < -0.39 is 33.9 Å². The lowest BCUT2D eigenvalue weighted by Crippen LogP contribution is -2.52. The number of methoxy groups -OCH3 is 1. The molecule has 0 aliphatic carbocycles. The molecule has 2 amide bonds. The van der Waals surface area contributed by atoms with Crippen LogP contribution in [0.3, 0.4) is 0 Å². The van der Waals surface area contributed by atoms with Gasteiger partial charge in [0.1, 0.15) is 0 Å². The molecule has 2 aliphatic heterocycles. The van der Waals surface area contributed by atoms with E-state index in [1.807, 2.05) is 0 Å². The molecule has 0 saturated carbocycles. The zero-order valence-electron chi connectivity index (χ0n) is 14.7. The number of allylic oxidation sites excluding steroid dienone is 1. The van der Waals surface area contributed by atoms with Crippen LogP contribution in [0.5, 0.6) is 0 Å². The Morgan fingerprint density at radius 3 is 2.63 bits per heavy atom. The highest BCUT2D eigenvalue weighted by molar-refractivity contribution is 7.91. The molecule has 0 spiro atoms. The molecule has 10 heteroatoms. The summed E-state index contributed by atoms with van der Waals surface area (Å²) in [5, 5.41) is 3.25. The van der Waals surface area contributed by atoms with E-state index in [9.17, 15) is 18.0 Å². The third kappa shape index (κ3) is 3.66. The average molecular weight is 433 g/mol. The molecule has 2 heterocycles. The summed E-state index contributed by atoms with van der Waals surface area (Å²) in [6.07, 6.45) is 0.310. The van der Waals surface area contributed by atoms with Gasteiger partial charge in [-0.2, -0.15) is 0 Å². The van der Waals surface area contributed by atoms with Gasteiger partial charge >= 0.3 is 12.0 Å². The lowest BCUT2D eigenvalue weighted by atomic mass is 9.94. The predicted octanol–water partition coefficient (Wildman–Crippen LogP) is 2.69. The van der Waals surface area contributed by atoms with Crippen molar-refractivity contribution in [2.75, 3.05) is 18.6 Å². The van der Waals surface area contributed by atoms with Crippen molar-refractivity contribution < 1.29 is 22.7 Å². The van der Waals surface area contributed by atoms with Gasteiger partial charge in [-0.25, -0.2) is 18.0 Å². The Hall–Kier alpha value is -1.77. The zero-order valence-corrected chi connectivity index (χ0v) is 17.0. The van der Waals surface area contributed by atoms with Crippen LogP contribution in [-0.4, -0.2) is 50.0 Å². The van der Waals surface area contributed by atoms with Gasteiger partial charge in [0.25, 0.3) is 0 Å². The lowest BCUT2D eigenvalue weighted by Gasteiger charge is -2.38. The van der Waals surface area contributed by atoms with Crippen LogP contribution in [0.25, 0.3) is 0 Å². The van der Waals surface area contributed by atoms with Gasteiger partial charge in [-0.05, 0) is 25.0 Å². The molecule has 3 rings (SSSR count).